The number of aliphatic imine (C=N–C) groups is 1. The zero-order valence-corrected chi connectivity index (χ0v) is 9.47. The second-order valence-corrected chi connectivity index (χ2v) is 3.31. The van der Waals surface area contributed by atoms with E-state index < -0.39 is 17.5 Å². The van der Waals surface area contributed by atoms with Gasteiger partial charge in [0, 0.05) is 6.20 Å². The number of anilines is 1. The first-order valence-corrected chi connectivity index (χ1v) is 4.93. The molecule has 0 amide bonds. The Balaban J connectivity index is 2.78. The number of benzene rings is 1. The van der Waals surface area contributed by atoms with Gasteiger partial charge in [0.15, 0.2) is 16.8 Å². The summed E-state index contributed by atoms with van der Waals surface area (Å²) in [5, 5.41) is 2.31. The van der Waals surface area contributed by atoms with Crippen LogP contribution in [0.4, 0.5) is 14.5 Å². The Morgan fingerprint density at radius 3 is 2.65 bits per heavy atom. The lowest BCUT2D eigenvalue weighted by Gasteiger charge is -2.05. The quantitative estimate of drug-likeness (QED) is 0.427. The van der Waals surface area contributed by atoms with E-state index in [1.807, 2.05) is 0 Å². The highest BCUT2D eigenvalue weighted by molar-refractivity contribution is 7.80. The van der Waals surface area contributed by atoms with Gasteiger partial charge in [0.25, 0.3) is 0 Å². The molecule has 4 nitrogen and oxygen atoms in total. The van der Waals surface area contributed by atoms with Crippen molar-refractivity contribution in [3.05, 3.63) is 42.1 Å². The van der Waals surface area contributed by atoms with Crippen molar-refractivity contribution in [3.8, 4) is 0 Å². The summed E-state index contributed by atoms with van der Waals surface area (Å²) in [6.45, 7) is 0. The van der Waals surface area contributed by atoms with Crippen LogP contribution in [-0.2, 0) is 0 Å². The molecule has 0 saturated heterocycles. The molecule has 0 aromatic heterocycles. The molecule has 1 rings (SSSR count). The second-order valence-electron chi connectivity index (χ2n) is 2.92. The Morgan fingerprint density at radius 2 is 2.06 bits per heavy atom. The molecule has 0 unspecified atom stereocenters. The normalized spacial score (nSPS) is 12.4. The third kappa shape index (κ3) is 3.80. The molecule has 0 aliphatic heterocycles. The molecule has 1 aromatic carbocycles. The van der Waals surface area contributed by atoms with Crippen molar-refractivity contribution >= 4 is 28.9 Å². The van der Waals surface area contributed by atoms with Crippen LogP contribution in [0.25, 0.3) is 0 Å². The molecular weight excluding hydrogens is 246 g/mol. The summed E-state index contributed by atoms with van der Waals surface area (Å²) in [4.78, 5) is 3.51. The molecule has 0 radical (unpaired) electrons. The maximum Gasteiger partial charge on any atom is 0.199 e. The van der Waals surface area contributed by atoms with Crippen LogP contribution >= 0.6 is 12.2 Å². The average molecular weight is 256 g/mol. The van der Waals surface area contributed by atoms with Gasteiger partial charge in [-0.05, 0) is 24.4 Å². The van der Waals surface area contributed by atoms with Crippen LogP contribution in [0.5, 0.6) is 0 Å². The van der Waals surface area contributed by atoms with Gasteiger partial charge in [0.2, 0.25) is 0 Å². The number of thiocarbonyl (C=S) groups is 1. The minimum atomic E-state index is -0.900. The Bertz CT molecular complexity index is 485. The van der Waals surface area contributed by atoms with Gasteiger partial charge in [-0.2, -0.15) is 0 Å². The summed E-state index contributed by atoms with van der Waals surface area (Å²) < 4.78 is 26.0. The molecular formula is C10H10F2N4S. The summed E-state index contributed by atoms with van der Waals surface area (Å²) in [6.07, 6.45) is 0.657. The number of nitrogens with two attached hydrogens (primary N) is 2. The summed E-state index contributed by atoms with van der Waals surface area (Å²) >= 11 is 4.76. The SMILES string of the molecule is NC=C(F)C(N)=NC(=S)Nc1ccccc1F. The van der Waals surface area contributed by atoms with E-state index in [1.54, 1.807) is 6.07 Å². The predicted octanol–water partition coefficient (Wildman–Crippen LogP) is 1.65. The summed E-state index contributed by atoms with van der Waals surface area (Å²) in [5.74, 6) is -1.87. The van der Waals surface area contributed by atoms with E-state index in [4.69, 9.17) is 23.7 Å². The zero-order valence-electron chi connectivity index (χ0n) is 8.65. The molecule has 0 bridgehead atoms. The molecule has 5 N–H and O–H groups in total. The van der Waals surface area contributed by atoms with Gasteiger partial charge in [-0.1, -0.05) is 12.1 Å². The molecule has 0 fully saturated rings. The van der Waals surface area contributed by atoms with E-state index in [2.05, 4.69) is 10.3 Å². The first-order chi connectivity index (χ1) is 8.04. The summed E-state index contributed by atoms with van der Waals surface area (Å²) in [6, 6.07) is 5.85. The van der Waals surface area contributed by atoms with E-state index in [1.165, 1.54) is 18.2 Å². The van der Waals surface area contributed by atoms with Gasteiger partial charge in [0.1, 0.15) is 5.82 Å². The molecule has 7 heteroatoms. The van der Waals surface area contributed by atoms with Crippen molar-refractivity contribution in [1.82, 2.24) is 0 Å². The van der Waals surface area contributed by atoms with Crippen LogP contribution < -0.4 is 16.8 Å². The van der Waals surface area contributed by atoms with E-state index in [0.29, 0.717) is 6.20 Å². The topological polar surface area (TPSA) is 76.4 Å². The highest BCUT2D eigenvalue weighted by atomic mass is 32.1. The second kappa shape index (κ2) is 5.90. The van der Waals surface area contributed by atoms with Gasteiger partial charge in [0.05, 0.1) is 5.69 Å². The molecule has 0 aliphatic rings. The number of hydrogen-bond acceptors (Lipinski definition) is 2. The van der Waals surface area contributed by atoms with Crippen molar-refractivity contribution in [3.63, 3.8) is 0 Å². The van der Waals surface area contributed by atoms with E-state index in [-0.39, 0.29) is 10.8 Å². The van der Waals surface area contributed by atoms with Gasteiger partial charge in [-0.15, -0.1) is 0 Å². The maximum absolute atomic E-state index is 13.2. The molecule has 0 aliphatic carbocycles. The number of para-hydroxylation sites is 1. The van der Waals surface area contributed by atoms with Gasteiger partial charge in [-0.25, -0.2) is 13.8 Å². The Kier molecular flexibility index (Phi) is 4.53. The minimum Gasteiger partial charge on any atom is -0.402 e. The molecule has 0 heterocycles. The van der Waals surface area contributed by atoms with Gasteiger partial charge < -0.3 is 16.8 Å². The maximum atomic E-state index is 13.2. The first kappa shape index (κ1) is 13.0. The van der Waals surface area contributed by atoms with Crippen LogP contribution in [0.1, 0.15) is 0 Å². The van der Waals surface area contributed by atoms with Gasteiger partial charge in [-0.3, -0.25) is 0 Å². The van der Waals surface area contributed by atoms with Gasteiger partial charge >= 0.3 is 0 Å². The van der Waals surface area contributed by atoms with Crippen molar-refractivity contribution < 1.29 is 8.78 Å². The van der Waals surface area contributed by atoms with Crippen molar-refractivity contribution in [1.29, 1.82) is 0 Å². The third-order valence-corrected chi connectivity index (χ3v) is 1.92. The monoisotopic (exact) mass is 256 g/mol. The third-order valence-electron chi connectivity index (χ3n) is 1.73. The molecule has 1 aromatic rings. The highest BCUT2D eigenvalue weighted by Gasteiger charge is 2.04. The largest absolute Gasteiger partial charge is 0.402 e. The van der Waals surface area contributed by atoms with E-state index in [0.717, 1.165) is 0 Å². The number of hydrogen-bond donors (Lipinski definition) is 3. The van der Waals surface area contributed by atoms with Crippen LogP contribution in [0.15, 0.2) is 41.3 Å². The Labute approximate surface area is 102 Å². The molecule has 17 heavy (non-hydrogen) atoms. The van der Waals surface area contributed by atoms with Crippen LogP contribution in [0.2, 0.25) is 0 Å². The fraction of sp³-hybridized carbons (Fsp3) is 0. The average Bonchev–Trinajstić information content (AvgIpc) is 2.31. The summed E-state index contributed by atoms with van der Waals surface area (Å²) in [7, 11) is 0. The van der Waals surface area contributed by atoms with Crippen molar-refractivity contribution in [2.45, 2.75) is 0 Å². The van der Waals surface area contributed by atoms with Crippen LogP contribution in [-0.4, -0.2) is 10.9 Å². The highest BCUT2D eigenvalue weighted by Crippen LogP contribution is 2.12. The molecule has 0 saturated carbocycles. The fourth-order valence-electron chi connectivity index (χ4n) is 0.954. The number of amidine groups is 1. The lowest BCUT2D eigenvalue weighted by atomic mass is 10.3. The standard InChI is InChI=1S/C10H10F2N4S/c11-6-3-1-2-4-8(6)15-10(17)16-9(14)7(12)5-13/h1-5H,13H2,(H3,14,15,16,17). The zero-order chi connectivity index (χ0) is 12.8. The van der Waals surface area contributed by atoms with Crippen LogP contribution in [0.3, 0.4) is 0 Å². The Morgan fingerprint density at radius 1 is 1.41 bits per heavy atom. The minimum absolute atomic E-state index is 0.131. The Hall–Kier alpha value is -2.02. The lowest BCUT2D eigenvalue weighted by molar-refractivity contribution is 0.632. The van der Waals surface area contributed by atoms with Crippen molar-refractivity contribution in [2.75, 3.05) is 5.32 Å². The first-order valence-electron chi connectivity index (χ1n) is 4.52. The van der Waals surface area contributed by atoms with E-state index >= 15 is 0 Å². The summed E-state index contributed by atoms with van der Waals surface area (Å²) in [5.41, 5.74) is 10.3. The number of halogens is 2. The molecule has 0 spiro atoms. The number of nitrogens with zero attached hydrogens (tertiary/aromatic N) is 1. The molecule has 90 valence electrons. The number of nitrogens with one attached hydrogen (secondary N) is 1. The lowest BCUT2D eigenvalue weighted by Crippen LogP contribution is -2.18. The smallest absolute Gasteiger partial charge is 0.199 e. The van der Waals surface area contributed by atoms with Crippen LogP contribution in [0, 0.1) is 5.82 Å². The fourth-order valence-corrected chi connectivity index (χ4v) is 1.16. The number of rotatable bonds is 2. The molecule has 0 atom stereocenters. The van der Waals surface area contributed by atoms with E-state index in [9.17, 15) is 8.78 Å². The van der Waals surface area contributed by atoms with Crippen molar-refractivity contribution in [2.24, 2.45) is 16.5 Å². The predicted molar refractivity (Wildman–Crippen MR) is 67.6 cm³/mol.